The number of anilines is 1. The van der Waals surface area contributed by atoms with E-state index in [9.17, 15) is 4.79 Å². The number of aryl methyl sites for hydroxylation is 1. The van der Waals surface area contributed by atoms with Gasteiger partial charge in [-0.1, -0.05) is 0 Å². The van der Waals surface area contributed by atoms with Crippen LogP contribution in [-0.2, 0) is 6.54 Å². The summed E-state index contributed by atoms with van der Waals surface area (Å²) in [7, 11) is 0. The number of hydrogen-bond donors (Lipinski definition) is 2. The highest BCUT2D eigenvalue weighted by molar-refractivity contribution is 9.13. The van der Waals surface area contributed by atoms with Crippen LogP contribution < -0.4 is 5.32 Å². The lowest BCUT2D eigenvalue weighted by molar-refractivity contribution is 0.0697. The predicted octanol–water partition coefficient (Wildman–Crippen LogP) is 4.42. The van der Waals surface area contributed by atoms with E-state index >= 15 is 0 Å². The monoisotopic (exact) mass is 387 g/mol. The average molecular weight is 389 g/mol. The molecule has 1 aromatic carbocycles. The number of aromatic carboxylic acids is 1. The molecule has 0 radical (unpaired) electrons. The molecule has 0 atom stereocenters. The first-order valence-electron chi connectivity index (χ1n) is 5.49. The first-order valence-corrected chi connectivity index (χ1v) is 7.07. The Morgan fingerprint density at radius 2 is 2.11 bits per heavy atom. The van der Waals surface area contributed by atoms with Crippen LogP contribution >= 0.6 is 31.9 Å². The first-order chi connectivity index (χ1) is 8.97. The Balaban J connectivity index is 2.09. The summed E-state index contributed by atoms with van der Waals surface area (Å²) in [4.78, 5) is 10.8. The molecule has 1 heterocycles. The van der Waals surface area contributed by atoms with Crippen molar-refractivity contribution < 1.29 is 14.3 Å². The van der Waals surface area contributed by atoms with E-state index in [-0.39, 0.29) is 5.56 Å². The van der Waals surface area contributed by atoms with Crippen LogP contribution in [0.5, 0.6) is 0 Å². The van der Waals surface area contributed by atoms with E-state index in [0.717, 1.165) is 21.5 Å². The van der Waals surface area contributed by atoms with Crippen LogP contribution in [0.4, 0.5) is 5.69 Å². The first kappa shape index (κ1) is 14.1. The molecule has 0 unspecified atom stereocenters. The van der Waals surface area contributed by atoms with Gasteiger partial charge in [0.1, 0.15) is 5.76 Å². The number of halogens is 2. The molecule has 0 saturated carbocycles. The molecule has 19 heavy (non-hydrogen) atoms. The zero-order valence-electron chi connectivity index (χ0n) is 10.0. The van der Waals surface area contributed by atoms with Gasteiger partial charge in [-0.3, -0.25) is 0 Å². The fraction of sp³-hybridized carbons (Fsp3) is 0.154. The van der Waals surface area contributed by atoms with Crippen molar-refractivity contribution in [2.24, 2.45) is 0 Å². The van der Waals surface area contributed by atoms with E-state index in [1.807, 2.05) is 13.0 Å². The van der Waals surface area contributed by atoms with Gasteiger partial charge in [0, 0.05) is 5.69 Å². The van der Waals surface area contributed by atoms with Gasteiger partial charge in [0.05, 0.1) is 16.6 Å². The molecule has 4 nitrogen and oxygen atoms in total. The summed E-state index contributed by atoms with van der Waals surface area (Å²) < 4.78 is 6.97. The van der Waals surface area contributed by atoms with Gasteiger partial charge in [-0.25, -0.2) is 4.79 Å². The Labute approximate surface area is 127 Å². The molecule has 0 aliphatic carbocycles. The number of carboxylic acid groups (broad SMARTS) is 1. The molecule has 0 aliphatic rings. The number of hydrogen-bond acceptors (Lipinski definition) is 3. The molecular formula is C13H11Br2NO3. The van der Waals surface area contributed by atoms with Gasteiger partial charge in [0.25, 0.3) is 0 Å². The lowest BCUT2D eigenvalue weighted by atomic mass is 10.1. The van der Waals surface area contributed by atoms with Gasteiger partial charge < -0.3 is 14.8 Å². The van der Waals surface area contributed by atoms with Crippen molar-refractivity contribution in [3.8, 4) is 0 Å². The summed E-state index contributed by atoms with van der Waals surface area (Å²) in [6.45, 7) is 2.39. The Bertz CT molecular complexity index is 603. The van der Waals surface area contributed by atoms with Gasteiger partial charge in [-0.2, -0.15) is 0 Å². The fourth-order valence-corrected chi connectivity index (χ4v) is 2.31. The number of carboxylic acids is 1. The highest BCUT2D eigenvalue weighted by Crippen LogP contribution is 2.27. The molecule has 0 spiro atoms. The summed E-state index contributed by atoms with van der Waals surface area (Å²) in [6, 6.07) is 6.84. The number of benzene rings is 1. The largest absolute Gasteiger partial charge is 0.478 e. The molecule has 0 amide bonds. The SMILES string of the molecule is Cc1cc(C(=O)O)ccc1NCc1cc(Br)c(Br)o1. The zero-order chi connectivity index (χ0) is 14.0. The Hall–Kier alpha value is -1.27. The number of carbonyl (C=O) groups is 1. The van der Waals surface area contributed by atoms with E-state index in [1.165, 1.54) is 0 Å². The maximum absolute atomic E-state index is 10.8. The molecule has 0 bridgehead atoms. The maximum atomic E-state index is 10.8. The molecule has 2 N–H and O–H groups in total. The molecule has 0 saturated heterocycles. The molecular weight excluding hydrogens is 378 g/mol. The summed E-state index contributed by atoms with van der Waals surface area (Å²) in [5.74, 6) is -0.144. The molecule has 1 aromatic heterocycles. The number of furan rings is 1. The predicted molar refractivity (Wildman–Crippen MR) is 79.6 cm³/mol. The van der Waals surface area contributed by atoms with Crippen molar-refractivity contribution in [1.82, 2.24) is 0 Å². The van der Waals surface area contributed by atoms with Crippen molar-refractivity contribution in [2.75, 3.05) is 5.32 Å². The summed E-state index contributed by atoms with van der Waals surface area (Å²) in [6.07, 6.45) is 0. The van der Waals surface area contributed by atoms with Crippen molar-refractivity contribution in [2.45, 2.75) is 13.5 Å². The third-order valence-electron chi connectivity index (χ3n) is 2.62. The van der Waals surface area contributed by atoms with E-state index in [0.29, 0.717) is 11.2 Å². The smallest absolute Gasteiger partial charge is 0.335 e. The summed E-state index contributed by atoms with van der Waals surface area (Å²) in [5, 5.41) is 12.1. The molecule has 0 fully saturated rings. The van der Waals surface area contributed by atoms with E-state index in [4.69, 9.17) is 9.52 Å². The molecule has 100 valence electrons. The Kier molecular flexibility index (Phi) is 4.31. The lowest BCUT2D eigenvalue weighted by Crippen LogP contribution is -2.02. The summed E-state index contributed by atoms with van der Waals surface area (Å²) in [5.41, 5.74) is 2.05. The fourth-order valence-electron chi connectivity index (χ4n) is 1.66. The van der Waals surface area contributed by atoms with Crippen LogP contribution in [-0.4, -0.2) is 11.1 Å². The van der Waals surface area contributed by atoms with Crippen LogP contribution in [0.1, 0.15) is 21.7 Å². The van der Waals surface area contributed by atoms with Gasteiger partial charge in [0.15, 0.2) is 4.67 Å². The second-order valence-corrected chi connectivity index (χ2v) is 5.60. The molecule has 6 heteroatoms. The minimum Gasteiger partial charge on any atom is -0.478 e. The third kappa shape index (κ3) is 3.39. The minimum atomic E-state index is -0.923. The van der Waals surface area contributed by atoms with Gasteiger partial charge in [-0.15, -0.1) is 0 Å². The van der Waals surface area contributed by atoms with Crippen molar-refractivity contribution in [1.29, 1.82) is 0 Å². The van der Waals surface area contributed by atoms with E-state index in [2.05, 4.69) is 37.2 Å². The van der Waals surface area contributed by atoms with Crippen LogP contribution in [0.25, 0.3) is 0 Å². The van der Waals surface area contributed by atoms with Crippen molar-refractivity contribution in [3.05, 3.63) is 50.3 Å². The Morgan fingerprint density at radius 3 is 2.63 bits per heavy atom. The van der Waals surface area contributed by atoms with Gasteiger partial charge in [0.2, 0.25) is 0 Å². The quantitative estimate of drug-likeness (QED) is 0.813. The van der Waals surface area contributed by atoms with E-state index in [1.54, 1.807) is 18.2 Å². The molecule has 2 rings (SSSR count). The third-order valence-corrected chi connectivity index (χ3v) is 4.33. The van der Waals surface area contributed by atoms with Gasteiger partial charge >= 0.3 is 5.97 Å². The van der Waals surface area contributed by atoms with Crippen molar-refractivity contribution >= 4 is 43.5 Å². The minimum absolute atomic E-state index is 0.284. The molecule has 2 aromatic rings. The summed E-state index contributed by atoms with van der Waals surface area (Å²) >= 11 is 6.62. The van der Waals surface area contributed by atoms with Crippen LogP contribution in [0, 0.1) is 6.92 Å². The average Bonchev–Trinajstić information content (AvgIpc) is 2.67. The highest BCUT2D eigenvalue weighted by Gasteiger charge is 2.08. The normalized spacial score (nSPS) is 10.5. The maximum Gasteiger partial charge on any atom is 0.335 e. The second-order valence-electron chi connectivity index (χ2n) is 4.02. The van der Waals surface area contributed by atoms with Crippen LogP contribution in [0.2, 0.25) is 0 Å². The topological polar surface area (TPSA) is 62.5 Å². The standard InChI is InChI=1S/C13H11Br2NO3/c1-7-4-8(13(17)18)2-3-11(7)16-6-9-5-10(14)12(15)19-9/h2-5,16H,6H2,1H3,(H,17,18). The lowest BCUT2D eigenvalue weighted by Gasteiger charge is -2.08. The second kappa shape index (κ2) is 5.79. The van der Waals surface area contributed by atoms with Crippen LogP contribution in [0.15, 0.2) is 37.8 Å². The highest BCUT2D eigenvalue weighted by atomic mass is 79.9. The Morgan fingerprint density at radius 1 is 1.37 bits per heavy atom. The van der Waals surface area contributed by atoms with E-state index < -0.39 is 5.97 Å². The molecule has 0 aliphatic heterocycles. The van der Waals surface area contributed by atoms with Crippen LogP contribution in [0.3, 0.4) is 0 Å². The zero-order valence-corrected chi connectivity index (χ0v) is 13.2. The van der Waals surface area contributed by atoms with Crippen molar-refractivity contribution in [3.63, 3.8) is 0 Å². The number of rotatable bonds is 4. The van der Waals surface area contributed by atoms with Gasteiger partial charge in [-0.05, 0) is 68.6 Å². The number of nitrogens with one attached hydrogen (secondary N) is 1.